The third-order valence-electron chi connectivity index (χ3n) is 0. The van der Waals surface area contributed by atoms with Crippen LogP contribution in [-0.4, -0.2) is 5.87 Å². The van der Waals surface area contributed by atoms with Gasteiger partial charge in [0.1, 0.15) is 0 Å². The van der Waals surface area contributed by atoms with Crippen molar-refractivity contribution in [1.82, 2.24) is 0 Å². The van der Waals surface area contributed by atoms with E-state index in [1.807, 2.05) is 13.8 Å². The van der Waals surface area contributed by atoms with Gasteiger partial charge in [0.15, 0.2) is 0 Å². The van der Waals surface area contributed by atoms with E-state index in [1.54, 1.807) is 0 Å². The van der Waals surface area contributed by atoms with Crippen LogP contribution in [0.15, 0.2) is 0 Å². The molecule has 6 heavy (non-hydrogen) atoms. The number of rotatable bonds is 0. The minimum Gasteiger partial charge on any atom is -0.197 e. The standard InChI is InChI=1S/C2H6.CH2S.H2S.Tb/c2*1-2;;/h1-2H3;1H2;1H2;. The molecule has 0 aliphatic carbocycles. The average molecular weight is 269 g/mol. The van der Waals surface area contributed by atoms with Gasteiger partial charge in [-0.15, -0.1) is 0 Å². The molecule has 0 rings (SSSR count). The summed E-state index contributed by atoms with van der Waals surface area (Å²) in [6, 6.07) is 0. The van der Waals surface area contributed by atoms with Gasteiger partial charge in [0, 0.05) is 38.6 Å². The molecule has 3 heteroatoms. The summed E-state index contributed by atoms with van der Waals surface area (Å²) in [6.45, 7) is 4.00. The maximum Gasteiger partial charge on any atom is 0 e. The second-order valence-corrected chi connectivity index (χ2v) is 0. The summed E-state index contributed by atoms with van der Waals surface area (Å²) in [5, 5.41) is 0. The van der Waals surface area contributed by atoms with Gasteiger partial charge in [-0.25, -0.2) is 0 Å². The van der Waals surface area contributed by atoms with E-state index < -0.39 is 0 Å². The molecule has 0 bridgehead atoms. The number of thiocarbonyl (C=S) groups is 1. The van der Waals surface area contributed by atoms with Crippen molar-refractivity contribution in [3.05, 3.63) is 0 Å². The summed E-state index contributed by atoms with van der Waals surface area (Å²) in [7, 11) is 0. The predicted molar refractivity (Wildman–Crippen MR) is 36.4 cm³/mol. The number of hydrogen-bond acceptors (Lipinski definition) is 1. The van der Waals surface area contributed by atoms with E-state index in [4.69, 9.17) is 0 Å². The fraction of sp³-hybridized carbons (Fsp3) is 0.667. The summed E-state index contributed by atoms with van der Waals surface area (Å²) in [4.78, 5) is 0. The fourth-order valence-corrected chi connectivity index (χ4v) is 0. The molecular formula is C3H10S2Tb. The monoisotopic (exact) mass is 269 g/mol. The third kappa shape index (κ3) is 42.9. The molecular weight excluding hydrogens is 259 g/mol. The van der Waals surface area contributed by atoms with Gasteiger partial charge in [-0.3, -0.25) is 0 Å². The molecule has 0 aromatic heterocycles. The number of hydrogen-bond donors (Lipinski definition) is 0. The van der Waals surface area contributed by atoms with E-state index in [0.29, 0.717) is 0 Å². The Hall–Kier alpha value is 1.73. The van der Waals surface area contributed by atoms with Crippen molar-refractivity contribution in [2.24, 2.45) is 0 Å². The van der Waals surface area contributed by atoms with Gasteiger partial charge in [0.25, 0.3) is 0 Å². The molecule has 0 nitrogen and oxygen atoms in total. The van der Waals surface area contributed by atoms with Crippen molar-refractivity contribution in [2.45, 2.75) is 13.8 Å². The molecule has 0 N–H and O–H groups in total. The van der Waals surface area contributed by atoms with Crippen LogP contribution in [0, 0.1) is 38.6 Å². The molecule has 0 heterocycles. The molecule has 1 radical (unpaired) electrons. The predicted octanol–water partition coefficient (Wildman–Crippen LogP) is 1.75. The van der Waals surface area contributed by atoms with E-state index >= 15 is 0 Å². The molecule has 0 aromatic carbocycles. The molecule has 0 saturated carbocycles. The SMILES string of the molecule is C=S.CC.S.[Tb]. The summed E-state index contributed by atoms with van der Waals surface area (Å²) in [5.41, 5.74) is 0. The van der Waals surface area contributed by atoms with Crippen molar-refractivity contribution in [2.75, 3.05) is 0 Å². The first-order valence-corrected chi connectivity index (χ1v) is 1.87. The van der Waals surface area contributed by atoms with E-state index in [1.165, 1.54) is 0 Å². The van der Waals surface area contributed by atoms with Crippen LogP contribution in [0.5, 0.6) is 0 Å². The van der Waals surface area contributed by atoms with Gasteiger partial charge < -0.3 is 0 Å². The zero-order valence-corrected chi connectivity index (χ0v) is 7.90. The first kappa shape index (κ1) is 25.2. The Labute approximate surface area is 83.0 Å². The van der Waals surface area contributed by atoms with E-state index in [2.05, 4.69) is 18.1 Å². The van der Waals surface area contributed by atoms with Gasteiger partial charge in [0.05, 0.1) is 0 Å². The van der Waals surface area contributed by atoms with Crippen LogP contribution >= 0.6 is 25.7 Å². The van der Waals surface area contributed by atoms with Crippen LogP contribution in [0.4, 0.5) is 0 Å². The molecule has 0 spiro atoms. The average Bonchev–Trinajstić information content (AvgIpc) is 1.50. The molecule has 0 saturated heterocycles. The summed E-state index contributed by atoms with van der Waals surface area (Å²) in [6.07, 6.45) is 0. The van der Waals surface area contributed by atoms with Crippen molar-refractivity contribution in [3.8, 4) is 0 Å². The van der Waals surface area contributed by atoms with Crippen molar-refractivity contribution >= 4 is 31.6 Å². The zero-order valence-electron chi connectivity index (χ0n) is 3.95. The maximum atomic E-state index is 3.83. The molecule has 0 atom stereocenters. The normalized spacial score (nSPS) is 1.67. The van der Waals surface area contributed by atoms with Gasteiger partial charge >= 0.3 is 0 Å². The van der Waals surface area contributed by atoms with Crippen LogP contribution in [0.2, 0.25) is 0 Å². The Kier molecular flexibility index (Phi) is 311. The Balaban J connectivity index is -0.00000000500. The van der Waals surface area contributed by atoms with Gasteiger partial charge in [-0.1, -0.05) is 26.1 Å². The fourth-order valence-electron chi connectivity index (χ4n) is 0. The van der Waals surface area contributed by atoms with Crippen LogP contribution in [0.25, 0.3) is 0 Å². The zero-order chi connectivity index (χ0) is 4.00. The first-order chi connectivity index (χ1) is 2.00. The van der Waals surface area contributed by atoms with Crippen molar-refractivity contribution in [1.29, 1.82) is 0 Å². The Bertz CT molecular complexity index is 8.75. The van der Waals surface area contributed by atoms with Crippen molar-refractivity contribution < 1.29 is 38.6 Å². The summed E-state index contributed by atoms with van der Waals surface area (Å²) in [5.74, 6) is 2.83. The molecule has 43 valence electrons. The minimum absolute atomic E-state index is 0. The molecule has 0 unspecified atom stereocenters. The molecule has 0 fully saturated rings. The smallest absolute Gasteiger partial charge is 0 e. The Morgan fingerprint density at radius 1 is 1.17 bits per heavy atom. The largest absolute Gasteiger partial charge is 0.197 e. The van der Waals surface area contributed by atoms with Gasteiger partial charge in [-0.2, -0.15) is 13.5 Å². The quantitative estimate of drug-likeness (QED) is 0.604. The second-order valence-electron chi connectivity index (χ2n) is 0. The van der Waals surface area contributed by atoms with Gasteiger partial charge in [0.2, 0.25) is 0 Å². The van der Waals surface area contributed by atoms with Crippen LogP contribution < -0.4 is 0 Å². The topological polar surface area (TPSA) is 0 Å². The third-order valence-corrected chi connectivity index (χ3v) is 0. The van der Waals surface area contributed by atoms with Crippen molar-refractivity contribution in [3.63, 3.8) is 0 Å². The summed E-state index contributed by atoms with van der Waals surface area (Å²) >= 11 is 3.83. The van der Waals surface area contributed by atoms with E-state index in [0.717, 1.165) is 0 Å². The molecule has 0 amide bonds. The van der Waals surface area contributed by atoms with E-state index in [9.17, 15) is 0 Å². The van der Waals surface area contributed by atoms with Crippen LogP contribution in [-0.2, 0) is 0 Å². The van der Waals surface area contributed by atoms with Gasteiger partial charge in [-0.05, 0) is 5.87 Å². The Morgan fingerprint density at radius 2 is 1.17 bits per heavy atom. The first-order valence-electron chi connectivity index (χ1n) is 1.29. The second kappa shape index (κ2) is 74.0. The molecule has 0 aliphatic rings. The molecule has 0 aromatic rings. The minimum atomic E-state index is 0. The summed E-state index contributed by atoms with van der Waals surface area (Å²) < 4.78 is 0. The Morgan fingerprint density at radius 3 is 1.17 bits per heavy atom. The molecule has 0 aliphatic heterocycles. The van der Waals surface area contributed by atoms with Crippen LogP contribution in [0.3, 0.4) is 0 Å². The van der Waals surface area contributed by atoms with Crippen LogP contribution in [0.1, 0.15) is 13.8 Å². The maximum absolute atomic E-state index is 3.83. The van der Waals surface area contributed by atoms with E-state index in [-0.39, 0.29) is 52.1 Å².